The molecule has 2 aromatic rings. The Kier molecular flexibility index (Phi) is 4.66. The van der Waals surface area contributed by atoms with Crippen molar-refractivity contribution >= 4 is 11.3 Å². The summed E-state index contributed by atoms with van der Waals surface area (Å²) in [6, 6.07) is 0.252. The summed E-state index contributed by atoms with van der Waals surface area (Å²) in [5.74, 6) is 1.60. The molecule has 19 heavy (non-hydrogen) atoms. The number of aryl methyl sites for hydroxylation is 1. The highest BCUT2D eigenvalue weighted by atomic mass is 32.1. The molecule has 0 aromatic carbocycles. The molecular weight excluding hydrogens is 258 g/mol. The van der Waals surface area contributed by atoms with Crippen LogP contribution < -0.4 is 5.32 Å². The number of rotatable bonds is 6. The summed E-state index contributed by atoms with van der Waals surface area (Å²) in [5, 5.41) is 7.67. The average molecular weight is 279 g/mol. The zero-order chi connectivity index (χ0) is 13.8. The quantitative estimate of drug-likeness (QED) is 0.881. The minimum Gasteiger partial charge on any atom is -0.312 e. The van der Waals surface area contributed by atoms with Crippen molar-refractivity contribution in [3.8, 4) is 0 Å². The largest absolute Gasteiger partial charge is 0.312 e. The van der Waals surface area contributed by atoms with Gasteiger partial charge in [-0.3, -0.25) is 0 Å². The van der Waals surface area contributed by atoms with E-state index in [9.17, 15) is 0 Å². The maximum absolute atomic E-state index is 4.39. The maximum atomic E-state index is 4.39. The van der Waals surface area contributed by atoms with Crippen LogP contribution in [0.25, 0.3) is 0 Å². The summed E-state index contributed by atoms with van der Waals surface area (Å²) >= 11 is 1.69. The van der Waals surface area contributed by atoms with E-state index >= 15 is 0 Å². The van der Waals surface area contributed by atoms with E-state index in [0.717, 1.165) is 24.5 Å². The van der Waals surface area contributed by atoms with E-state index in [1.54, 1.807) is 17.7 Å². The van der Waals surface area contributed by atoms with E-state index in [-0.39, 0.29) is 6.04 Å². The molecule has 0 saturated heterocycles. The number of likely N-dealkylation sites (N-methyl/N-ethyl adjacent to an activating group) is 1. The average Bonchev–Trinajstić information content (AvgIpc) is 2.95. The Morgan fingerprint density at radius 2 is 2.16 bits per heavy atom. The van der Waals surface area contributed by atoms with Gasteiger partial charge in [0.2, 0.25) is 0 Å². The lowest BCUT2D eigenvalue weighted by Gasteiger charge is -2.16. The zero-order valence-corrected chi connectivity index (χ0v) is 12.7. The SMILES string of the molecule is CNC(Cc1ncnn1CC(C)C)c1scnc1C. The Morgan fingerprint density at radius 1 is 1.37 bits per heavy atom. The van der Waals surface area contributed by atoms with Crippen molar-refractivity contribution in [3.63, 3.8) is 0 Å². The smallest absolute Gasteiger partial charge is 0.138 e. The molecule has 5 nitrogen and oxygen atoms in total. The molecule has 0 aliphatic heterocycles. The number of hydrogen-bond acceptors (Lipinski definition) is 5. The zero-order valence-electron chi connectivity index (χ0n) is 11.9. The van der Waals surface area contributed by atoms with Crippen LogP contribution in [0.3, 0.4) is 0 Å². The molecule has 1 unspecified atom stereocenters. The molecule has 1 atom stereocenters. The molecule has 104 valence electrons. The summed E-state index contributed by atoms with van der Waals surface area (Å²) in [5.41, 5.74) is 2.99. The highest BCUT2D eigenvalue weighted by Crippen LogP contribution is 2.24. The van der Waals surface area contributed by atoms with Crippen LogP contribution in [-0.4, -0.2) is 26.8 Å². The second-order valence-corrected chi connectivity index (χ2v) is 5.99. The van der Waals surface area contributed by atoms with E-state index in [1.807, 2.05) is 17.2 Å². The molecule has 1 N–H and O–H groups in total. The lowest BCUT2D eigenvalue weighted by Crippen LogP contribution is -2.21. The van der Waals surface area contributed by atoms with Gasteiger partial charge in [0.05, 0.1) is 17.2 Å². The summed E-state index contributed by atoms with van der Waals surface area (Å²) in [7, 11) is 1.98. The normalized spacial score (nSPS) is 13.1. The summed E-state index contributed by atoms with van der Waals surface area (Å²) < 4.78 is 2.01. The third kappa shape index (κ3) is 3.39. The fourth-order valence-corrected chi connectivity index (χ4v) is 3.01. The van der Waals surface area contributed by atoms with Crippen LogP contribution in [0.5, 0.6) is 0 Å². The van der Waals surface area contributed by atoms with Gasteiger partial charge >= 0.3 is 0 Å². The van der Waals surface area contributed by atoms with Crippen molar-refractivity contribution in [1.29, 1.82) is 0 Å². The minimum absolute atomic E-state index is 0.252. The second kappa shape index (κ2) is 6.25. The van der Waals surface area contributed by atoms with Gasteiger partial charge in [-0.25, -0.2) is 14.6 Å². The molecule has 0 bridgehead atoms. The van der Waals surface area contributed by atoms with E-state index in [4.69, 9.17) is 0 Å². The Hall–Kier alpha value is -1.27. The van der Waals surface area contributed by atoms with Crippen LogP contribution in [-0.2, 0) is 13.0 Å². The first-order chi connectivity index (χ1) is 9.11. The van der Waals surface area contributed by atoms with Crippen LogP contribution in [0.4, 0.5) is 0 Å². The molecule has 0 saturated carbocycles. The molecule has 0 amide bonds. The van der Waals surface area contributed by atoms with Crippen molar-refractivity contribution < 1.29 is 0 Å². The third-order valence-corrected chi connectivity index (χ3v) is 4.11. The Balaban J connectivity index is 2.15. The van der Waals surface area contributed by atoms with Gasteiger partial charge in [-0.1, -0.05) is 13.8 Å². The van der Waals surface area contributed by atoms with E-state index in [0.29, 0.717) is 5.92 Å². The predicted octanol–water partition coefficient (Wildman–Crippen LogP) is 2.20. The molecule has 2 rings (SSSR count). The van der Waals surface area contributed by atoms with Gasteiger partial charge in [0.1, 0.15) is 12.2 Å². The monoisotopic (exact) mass is 279 g/mol. The van der Waals surface area contributed by atoms with E-state index in [2.05, 4.69) is 41.2 Å². The summed E-state index contributed by atoms with van der Waals surface area (Å²) in [4.78, 5) is 9.99. The van der Waals surface area contributed by atoms with Gasteiger partial charge in [-0.2, -0.15) is 5.10 Å². The van der Waals surface area contributed by atoms with Gasteiger partial charge in [0.25, 0.3) is 0 Å². The molecule has 0 aliphatic rings. The number of hydrogen-bond donors (Lipinski definition) is 1. The molecule has 6 heteroatoms. The van der Waals surface area contributed by atoms with Crippen molar-refractivity contribution in [2.75, 3.05) is 7.05 Å². The lowest BCUT2D eigenvalue weighted by atomic mass is 10.1. The Labute approximate surface area is 118 Å². The standard InChI is InChI=1S/C13H21N5S/c1-9(2)6-18-12(15-7-17-18)5-11(14-4)13-10(3)16-8-19-13/h7-9,11,14H,5-6H2,1-4H3. The molecule has 0 aliphatic carbocycles. The first-order valence-electron chi connectivity index (χ1n) is 6.55. The highest BCUT2D eigenvalue weighted by molar-refractivity contribution is 7.09. The van der Waals surface area contributed by atoms with E-state index in [1.165, 1.54) is 4.88 Å². The maximum Gasteiger partial charge on any atom is 0.138 e. The van der Waals surface area contributed by atoms with Crippen molar-refractivity contribution in [1.82, 2.24) is 25.1 Å². The molecule has 0 fully saturated rings. The summed E-state index contributed by atoms with van der Waals surface area (Å²) in [6.07, 6.45) is 2.48. The highest BCUT2D eigenvalue weighted by Gasteiger charge is 2.18. The van der Waals surface area contributed by atoms with Crippen LogP contribution >= 0.6 is 11.3 Å². The van der Waals surface area contributed by atoms with Gasteiger partial charge in [0.15, 0.2) is 0 Å². The van der Waals surface area contributed by atoms with E-state index < -0.39 is 0 Å². The molecule has 0 spiro atoms. The van der Waals surface area contributed by atoms with Crippen LogP contribution in [0.2, 0.25) is 0 Å². The van der Waals surface area contributed by atoms with Crippen LogP contribution in [0.15, 0.2) is 11.8 Å². The Bertz CT molecular complexity index is 517. The number of thiazole rings is 1. The van der Waals surface area contributed by atoms with Crippen molar-refractivity contribution in [2.45, 2.75) is 39.8 Å². The number of nitrogens with one attached hydrogen (secondary N) is 1. The van der Waals surface area contributed by atoms with Gasteiger partial charge in [-0.05, 0) is 19.9 Å². The van der Waals surface area contributed by atoms with Gasteiger partial charge < -0.3 is 5.32 Å². The fourth-order valence-electron chi connectivity index (χ4n) is 2.10. The Morgan fingerprint density at radius 3 is 2.74 bits per heavy atom. The minimum atomic E-state index is 0.252. The molecule has 2 aromatic heterocycles. The fraction of sp³-hybridized carbons (Fsp3) is 0.615. The van der Waals surface area contributed by atoms with Crippen LogP contribution in [0, 0.1) is 12.8 Å². The first kappa shape index (κ1) is 14.1. The molecular formula is C13H21N5S. The number of nitrogens with zero attached hydrogens (tertiary/aromatic N) is 4. The summed E-state index contributed by atoms with van der Waals surface area (Å²) in [6.45, 7) is 7.34. The molecule has 0 radical (unpaired) electrons. The predicted molar refractivity (Wildman–Crippen MR) is 77.2 cm³/mol. The molecule has 2 heterocycles. The second-order valence-electron chi connectivity index (χ2n) is 5.10. The third-order valence-electron chi connectivity index (χ3n) is 3.07. The lowest BCUT2D eigenvalue weighted by molar-refractivity contribution is 0.452. The van der Waals surface area contributed by atoms with Crippen molar-refractivity contribution in [3.05, 3.63) is 28.2 Å². The van der Waals surface area contributed by atoms with Gasteiger partial charge in [-0.15, -0.1) is 11.3 Å². The van der Waals surface area contributed by atoms with Crippen molar-refractivity contribution in [2.24, 2.45) is 5.92 Å². The topological polar surface area (TPSA) is 55.6 Å². The van der Waals surface area contributed by atoms with Crippen LogP contribution in [0.1, 0.15) is 36.3 Å². The van der Waals surface area contributed by atoms with Gasteiger partial charge in [0, 0.05) is 17.8 Å². The first-order valence-corrected chi connectivity index (χ1v) is 7.43. The number of aromatic nitrogens is 4.